The molecule has 2 atom stereocenters. The minimum atomic E-state index is -0.0575. The van der Waals surface area contributed by atoms with Crippen molar-refractivity contribution in [3.05, 3.63) is 112 Å². The molecule has 5 rings (SSSR count). The number of aromatic nitrogens is 2. The number of pyridine rings is 1. The van der Waals surface area contributed by atoms with Crippen molar-refractivity contribution in [2.75, 3.05) is 4.90 Å². The molecule has 2 aromatic heterocycles. The Kier molecular flexibility index (Phi) is 5.97. The second kappa shape index (κ2) is 8.97. The van der Waals surface area contributed by atoms with E-state index in [1.165, 1.54) is 44.9 Å². The Balaban J connectivity index is 1.71. The lowest BCUT2D eigenvalue weighted by atomic mass is 9.96. The third-order valence-corrected chi connectivity index (χ3v) is 7.58. The molecule has 0 bridgehead atoms. The number of rotatable bonds is 4. The molecule has 0 spiro atoms. The van der Waals surface area contributed by atoms with E-state index in [1.54, 1.807) is 0 Å². The number of thiocarbonyl (C=S) groups is 1. The van der Waals surface area contributed by atoms with Crippen molar-refractivity contribution >= 4 is 23.0 Å². The van der Waals surface area contributed by atoms with E-state index in [0.29, 0.717) is 0 Å². The average molecular weight is 481 g/mol. The summed E-state index contributed by atoms with van der Waals surface area (Å²) in [5, 5.41) is 4.33. The summed E-state index contributed by atoms with van der Waals surface area (Å²) >= 11 is 5.95. The first-order valence-corrected chi connectivity index (χ1v) is 12.5. The number of hydrogen-bond donors (Lipinski definition) is 1. The van der Waals surface area contributed by atoms with Crippen LogP contribution < -0.4 is 10.2 Å². The topological polar surface area (TPSA) is 33.1 Å². The maximum Gasteiger partial charge on any atom is 0.174 e. The normalized spacial score (nSPS) is 17.7. The predicted molar refractivity (Wildman–Crippen MR) is 149 cm³/mol. The first kappa shape index (κ1) is 23.3. The van der Waals surface area contributed by atoms with Gasteiger partial charge in [0, 0.05) is 29.0 Å². The van der Waals surface area contributed by atoms with Gasteiger partial charge >= 0.3 is 0 Å². The molecule has 35 heavy (non-hydrogen) atoms. The molecule has 3 heterocycles. The van der Waals surface area contributed by atoms with Crippen LogP contribution in [0.4, 0.5) is 5.69 Å². The van der Waals surface area contributed by atoms with Crippen molar-refractivity contribution in [2.45, 2.75) is 53.6 Å². The fourth-order valence-corrected chi connectivity index (χ4v) is 5.59. The molecular weight excluding hydrogens is 448 g/mol. The quantitative estimate of drug-likeness (QED) is 0.322. The van der Waals surface area contributed by atoms with Crippen molar-refractivity contribution in [2.24, 2.45) is 0 Å². The Morgan fingerprint density at radius 3 is 2.31 bits per heavy atom. The Bertz CT molecular complexity index is 1420. The molecule has 0 radical (unpaired) electrons. The molecule has 0 unspecified atom stereocenters. The van der Waals surface area contributed by atoms with Gasteiger partial charge in [-0.25, -0.2) is 0 Å². The van der Waals surface area contributed by atoms with E-state index in [2.05, 4.69) is 105 Å². The molecule has 1 saturated heterocycles. The van der Waals surface area contributed by atoms with E-state index >= 15 is 0 Å². The van der Waals surface area contributed by atoms with Gasteiger partial charge in [0.15, 0.2) is 5.11 Å². The van der Waals surface area contributed by atoms with Gasteiger partial charge in [-0.2, -0.15) is 0 Å². The molecule has 1 N–H and O–H groups in total. The van der Waals surface area contributed by atoms with Crippen molar-refractivity contribution in [1.29, 1.82) is 0 Å². The maximum atomic E-state index is 5.95. The van der Waals surface area contributed by atoms with Crippen LogP contribution in [0.15, 0.2) is 66.9 Å². The fourth-order valence-electron chi connectivity index (χ4n) is 5.24. The minimum Gasteiger partial charge on any atom is -0.351 e. The highest BCUT2D eigenvalue weighted by Gasteiger charge is 2.42. The minimum absolute atomic E-state index is 0.0235. The molecule has 1 aliphatic heterocycles. The average Bonchev–Trinajstić information content (AvgIpc) is 3.33. The molecule has 2 aromatic carbocycles. The molecule has 0 saturated carbocycles. The van der Waals surface area contributed by atoms with Crippen LogP contribution >= 0.6 is 12.2 Å². The van der Waals surface area contributed by atoms with Crippen LogP contribution in [0.5, 0.6) is 0 Å². The van der Waals surface area contributed by atoms with Crippen molar-refractivity contribution in [3.8, 4) is 5.69 Å². The van der Waals surface area contributed by atoms with Crippen LogP contribution in [0.2, 0.25) is 0 Å². The standard InChI is InChI=1S/C30H32N4S/c1-18-10-11-20(3)27(15-18)33-22(5)17-25(23(33)6)29-28(26-9-7-8-14-31-26)32-30(35)34(29)24-13-12-19(2)21(4)16-24/h7-17,28-29H,1-6H3,(H,32,35)/t28-,29+/m1/s1. The lowest BCUT2D eigenvalue weighted by Crippen LogP contribution is -2.29. The first-order chi connectivity index (χ1) is 16.8. The third-order valence-electron chi connectivity index (χ3n) is 7.26. The molecule has 1 aliphatic rings. The van der Waals surface area contributed by atoms with Gasteiger partial charge in [-0.1, -0.05) is 24.3 Å². The van der Waals surface area contributed by atoms with Crippen molar-refractivity contribution < 1.29 is 0 Å². The molecule has 1 fully saturated rings. The zero-order chi connectivity index (χ0) is 24.9. The van der Waals surface area contributed by atoms with Crippen LogP contribution in [0.25, 0.3) is 5.69 Å². The number of benzene rings is 2. The van der Waals surface area contributed by atoms with E-state index < -0.39 is 0 Å². The number of nitrogens with zero attached hydrogens (tertiary/aromatic N) is 3. The van der Waals surface area contributed by atoms with E-state index in [9.17, 15) is 0 Å². The van der Waals surface area contributed by atoms with Crippen LogP contribution in [0.1, 0.15) is 57.0 Å². The van der Waals surface area contributed by atoms with Crippen LogP contribution in [0, 0.1) is 41.5 Å². The Morgan fingerprint density at radius 2 is 1.60 bits per heavy atom. The molecule has 4 aromatic rings. The lowest BCUT2D eigenvalue weighted by molar-refractivity contribution is 0.565. The van der Waals surface area contributed by atoms with Crippen molar-refractivity contribution in [1.82, 2.24) is 14.9 Å². The summed E-state index contributed by atoms with van der Waals surface area (Å²) < 4.78 is 2.38. The van der Waals surface area contributed by atoms with Gasteiger partial charge in [0.25, 0.3) is 0 Å². The number of nitrogens with one attached hydrogen (secondary N) is 1. The number of anilines is 1. The summed E-state index contributed by atoms with van der Waals surface area (Å²) in [7, 11) is 0. The second-order valence-corrected chi connectivity index (χ2v) is 10.1. The molecule has 178 valence electrons. The summed E-state index contributed by atoms with van der Waals surface area (Å²) in [5.74, 6) is 0. The van der Waals surface area contributed by atoms with Gasteiger partial charge in [-0.05, 0) is 118 Å². The zero-order valence-electron chi connectivity index (χ0n) is 21.3. The summed E-state index contributed by atoms with van der Waals surface area (Å²) in [6.07, 6.45) is 1.86. The van der Waals surface area contributed by atoms with Crippen LogP contribution in [-0.4, -0.2) is 14.7 Å². The predicted octanol–water partition coefficient (Wildman–Crippen LogP) is 6.90. The van der Waals surface area contributed by atoms with E-state index in [0.717, 1.165) is 16.5 Å². The number of aryl methyl sites for hydroxylation is 5. The van der Waals surface area contributed by atoms with Gasteiger partial charge in [-0.3, -0.25) is 4.98 Å². The number of hydrogen-bond acceptors (Lipinski definition) is 2. The monoisotopic (exact) mass is 480 g/mol. The third kappa shape index (κ3) is 4.04. The highest BCUT2D eigenvalue weighted by molar-refractivity contribution is 7.80. The summed E-state index contributed by atoms with van der Waals surface area (Å²) in [4.78, 5) is 6.99. The molecular formula is C30H32N4S. The molecule has 0 amide bonds. The molecule has 0 aliphatic carbocycles. The summed E-state index contributed by atoms with van der Waals surface area (Å²) in [6, 6.07) is 21.6. The van der Waals surface area contributed by atoms with E-state index in [4.69, 9.17) is 17.2 Å². The van der Waals surface area contributed by atoms with Gasteiger partial charge in [0.1, 0.15) is 0 Å². The largest absolute Gasteiger partial charge is 0.351 e. The van der Waals surface area contributed by atoms with Gasteiger partial charge in [0.2, 0.25) is 0 Å². The fraction of sp³-hybridized carbons (Fsp3) is 0.267. The summed E-state index contributed by atoms with van der Waals surface area (Å²) in [5.41, 5.74) is 12.1. The lowest BCUT2D eigenvalue weighted by Gasteiger charge is -2.28. The van der Waals surface area contributed by atoms with E-state index in [1.807, 2.05) is 18.3 Å². The SMILES string of the molecule is Cc1ccc(C)c(-n2c(C)cc([C@H]3[C@@H](c4ccccn4)NC(=S)N3c3ccc(C)c(C)c3)c2C)c1. The highest BCUT2D eigenvalue weighted by Crippen LogP contribution is 2.44. The second-order valence-electron chi connectivity index (χ2n) is 9.72. The van der Waals surface area contributed by atoms with Crippen molar-refractivity contribution in [3.63, 3.8) is 0 Å². The molecule has 5 heteroatoms. The van der Waals surface area contributed by atoms with Crippen LogP contribution in [-0.2, 0) is 0 Å². The Morgan fingerprint density at radius 1 is 0.829 bits per heavy atom. The molecule has 4 nitrogen and oxygen atoms in total. The van der Waals surface area contributed by atoms with Gasteiger partial charge < -0.3 is 14.8 Å². The van der Waals surface area contributed by atoms with Gasteiger partial charge in [-0.15, -0.1) is 0 Å². The smallest absolute Gasteiger partial charge is 0.174 e. The van der Waals surface area contributed by atoms with Crippen LogP contribution in [0.3, 0.4) is 0 Å². The first-order valence-electron chi connectivity index (χ1n) is 12.1. The van der Waals surface area contributed by atoms with Gasteiger partial charge in [0.05, 0.1) is 17.8 Å². The Labute approximate surface area is 213 Å². The maximum absolute atomic E-state index is 5.95. The zero-order valence-corrected chi connectivity index (χ0v) is 22.1. The Hall–Kier alpha value is -3.44. The highest BCUT2D eigenvalue weighted by atomic mass is 32.1. The van der Waals surface area contributed by atoms with E-state index in [-0.39, 0.29) is 12.1 Å². The summed E-state index contributed by atoms with van der Waals surface area (Å²) in [6.45, 7) is 13.0.